The van der Waals surface area contributed by atoms with E-state index in [1.807, 2.05) is 0 Å². The quantitative estimate of drug-likeness (QED) is 0.898. The zero-order valence-corrected chi connectivity index (χ0v) is 12.1. The maximum atomic E-state index is 12.1. The van der Waals surface area contributed by atoms with Crippen LogP contribution in [0.25, 0.3) is 0 Å². The van der Waals surface area contributed by atoms with Crippen molar-refractivity contribution in [3.8, 4) is 0 Å². The zero-order chi connectivity index (χ0) is 14.7. The van der Waals surface area contributed by atoms with E-state index in [0.29, 0.717) is 5.56 Å². The highest BCUT2D eigenvalue weighted by atomic mass is 35.5. The van der Waals surface area contributed by atoms with Gasteiger partial charge >= 0.3 is 5.97 Å². The van der Waals surface area contributed by atoms with Gasteiger partial charge in [-0.1, -0.05) is 18.5 Å². The highest BCUT2D eigenvalue weighted by Crippen LogP contribution is 2.24. The molecule has 1 saturated carbocycles. The molecule has 2 rings (SSSR count). The Kier molecular flexibility index (Phi) is 4.65. The summed E-state index contributed by atoms with van der Waals surface area (Å²) in [5.41, 5.74) is 0.410. The molecule has 5 heteroatoms. The Balaban J connectivity index is 2.02. The average Bonchev–Trinajstić information content (AvgIpc) is 2.40. The molecule has 1 amide bonds. The van der Waals surface area contributed by atoms with Gasteiger partial charge < -0.3 is 10.4 Å². The number of rotatable bonds is 3. The lowest BCUT2D eigenvalue weighted by molar-refractivity contribution is 0.0696. The molecular weight excluding hydrogens is 278 g/mol. The van der Waals surface area contributed by atoms with E-state index in [2.05, 4.69) is 12.2 Å². The van der Waals surface area contributed by atoms with Crippen LogP contribution in [-0.4, -0.2) is 23.0 Å². The lowest BCUT2D eigenvalue weighted by atomic mass is 9.87. The van der Waals surface area contributed by atoms with Crippen LogP contribution in [0.2, 0.25) is 5.02 Å². The first kappa shape index (κ1) is 14.9. The number of hydrogen-bond donors (Lipinski definition) is 2. The van der Waals surface area contributed by atoms with Crippen molar-refractivity contribution in [2.45, 2.75) is 38.6 Å². The summed E-state index contributed by atoms with van der Waals surface area (Å²) in [5.74, 6) is -0.556. The summed E-state index contributed by atoms with van der Waals surface area (Å²) >= 11 is 5.87. The highest BCUT2D eigenvalue weighted by Gasteiger charge is 2.21. The van der Waals surface area contributed by atoms with Gasteiger partial charge in [0.25, 0.3) is 5.91 Å². The van der Waals surface area contributed by atoms with Crippen LogP contribution in [0, 0.1) is 5.92 Å². The summed E-state index contributed by atoms with van der Waals surface area (Å²) in [6.07, 6.45) is 4.25. The summed E-state index contributed by atoms with van der Waals surface area (Å²) in [5, 5.41) is 12.0. The SMILES string of the molecule is CC1CCC(NC(=O)c2ccc(C(=O)O)c(Cl)c2)CC1. The molecule has 0 aromatic heterocycles. The van der Waals surface area contributed by atoms with Gasteiger partial charge in [0, 0.05) is 11.6 Å². The number of carboxylic acids is 1. The van der Waals surface area contributed by atoms with E-state index < -0.39 is 5.97 Å². The Hall–Kier alpha value is -1.55. The smallest absolute Gasteiger partial charge is 0.337 e. The summed E-state index contributed by atoms with van der Waals surface area (Å²) in [4.78, 5) is 23.0. The Morgan fingerprint density at radius 2 is 1.90 bits per heavy atom. The van der Waals surface area contributed by atoms with E-state index in [9.17, 15) is 9.59 Å². The normalized spacial score (nSPS) is 22.3. The number of halogens is 1. The van der Waals surface area contributed by atoms with Crippen molar-refractivity contribution in [3.05, 3.63) is 34.3 Å². The molecule has 2 N–H and O–H groups in total. The van der Waals surface area contributed by atoms with Crippen LogP contribution < -0.4 is 5.32 Å². The molecule has 20 heavy (non-hydrogen) atoms. The monoisotopic (exact) mass is 295 g/mol. The van der Waals surface area contributed by atoms with Crippen molar-refractivity contribution in [1.82, 2.24) is 5.32 Å². The van der Waals surface area contributed by atoms with Crippen LogP contribution in [0.15, 0.2) is 18.2 Å². The Morgan fingerprint density at radius 3 is 2.45 bits per heavy atom. The molecule has 4 nitrogen and oxygen atoms in total. The van der Waals surface area contributed by atoms with Crippen LogP contribution >= 0.6 is 11.6 Å². The van der Waals surface area contributed by atoms with Crippen molar-refractivity contribution in [3.63, 3.8) is 0 Å². The molecule has 1 aromatic carbocycles. The van der Waals surface area contributed by atoms with E-state index in [1.54, 1.807) is 0 Å². The number of benzene rings is 1. The first-order chi connectivity index (χ1) is 9.47. The molecule has 108 valence electrons. The minimum atomic E-state index is -1.09. The second-order valence-corrected chi connectivity index (χ2v) is 5.84. The predicted octanol–water partition coefficient (Wildman–Crippen LogP) is 3.35. The number of aromatic carboxylic acids is 1. The molecule has 0 heterocycles. The van der Waals surface area contributed by atoms with Gasteiger partial charge in [-0.3, -0.25) is 4.79 Å². The molecule has 1 aliphatic carbocycles. The van der Waals surface area contributed by atoms with Crippen LogP contribution in [0.1, 0.15) is 53.3 Å². The summed E-state index contributed by atoms with van der Waals surface area (Å²) < 4.78 is 0. The van der Waals surface area contributed by atoms with Crippen molar-refractivity contribution >= 4 is 23.5 Å². The average molecular weight is 296 g/mol. The van der Waals surface area contributed by atoms with Crippen molar-refractivity contribution in [1.29, 1.82) is 0 Å². The third-order valence-corrected chi connectivity index (χ3v) is 4.13. The van der Waals surface area contributed by atoms with E-state index in [-0.39, 0.29) is 22.5 Å². The lowest BCUT2D eigenvalue weighted by Crippen LogP contribution is -2.37. The number of hydrogen-bond acceptors (Lipinski definition) is 2. The molecule has 1 fully saturated rings. The second kappa shape index (κ2) is 6.27. The number of amides is 1. The zero-order valence-electron chi connectivity index (χ0n) is 11.4. The first-order valence-corrected chi connectivity index (χ1v) is 7.19. The topological polar surface area (TPSA) is 66.4 Å². The van der Waals surface area contributed by atoms with E-state index >= 15 is 0 Å². The van der Waals surface area contributed by atoms with Crippen molar-refractivity contribution < 1.29 is 14.7 Å². The second-order valence-electron chi connectivity index (χ2n) is 5.43. The van der Waals surface area contributed by atoms with Crippen molar-refractivity contribution in [2.75, 3.05) is 0 Å². The highest BCUT2D eigenvalue weighted by molar-refractivity contribution is 6.33. The van der Waals surface area contributed by atoms with Gasteiger partial charge in [0.1, 0.15) is 0 Å². The molecule has 0 radical (unpaired) electrons. The number of carbonyl (C=O) groups is 2. The maximum absolute atomic E-state index is 12.1. The van der Waals surface area contributed by atoms with Crippen LogP contribution in [0.4, 0.5) is 0 Å². The van der Waals surface area contributed by atoms with Crippen LogP contribution in [0.5, 0.6) is 0 Å². The third-order valence-electron chi connectivity index (χ3n) is 3.81. The van der Waals surface area contributed by atoms with Crippen molar-refractivity contribution in [2.24, 2.45) is 5.92 Å². The minimum Gasteiger partial charge on any atom is -0.478 e. The fourth-order valence-electron chi connectivity index (χ4n) is 2.50. The maximum Gasteiger partial charge on any atom is 0.337 e. The summed E-state index contributed by atoms with van der Waals surface area (Å²) in [7, 11) is 0. The van der Waals surface area contributed by atoms with Gasteiger partial charge in [-0.2, -0.15) is 0 Å². The Bertz CT molecular complexity index is 522. The number of carbonyl (C=O) groups excluding carboxylic acids is 1. The lowest BCUT2D eigenvalue weighted by Gasteiger charge is -2.26. The largest absolute Gasteiger partial charge is 0.478 e. The molecule has 0 spiro atoms. The third kappa shape index (κ3) is 3.51. The molecule has 0 aliphatic heterocycles. The van der Waals surface area contributed by atoms with Gasteiger partial charge in [0.05, 0.1) is 10.6 Å². The Labute approximate surface area is 123 Å². The molecular formula is C15H18ClNO3. The molecule has 0 bridgehead atoms. The number of carboxylic acid groups (broad SMARTS) is 1. The molecule has 0 unspecified atom stereocenters. The molecule has 1 aliphatic rings. The van der Waals surface area contributed by atoms with E-state index in [4.69, 9.17) is 16.7 Å². The van der Waals surface area contributed by atoms with Gasteiger partial charge in [-0.25, -0.2) is 4.79 Å². The fraction of sp³-hybridized carbons (Fsp3) is 0.467. The summed E-state index contributed by atoms with van der Waals surface area (Å²) in [6.45, 7) is 2.22. The van der Waals surface area contributed by atoms with Gasteiger partial charge in [-0.15, -0.1) is 0 Å². The fourth-order valence-corrected chi connectivity index (χ4v) is 2.76. The first-order valence-electron chi connectivity index (χ1n) is 6.81. The van der Waals surface area contributed by atoms with Gasteiger partial charge in [-0.05, 0) is 49.8 Å². The molecule has 0 atom stereocenters. The standard InChI is InChI=1S/C15H18ClNO3/c1-9-2-5-11(6-3-9)17-14(18)10-4-7-12(15(19)20)13(16)8-10/h4,7-9,11H,2-3,5-6H2,1H3,(H,17,18)(H,19,20). The molecule has 1 aromatic rings. The minimum absolute atomic E-state index is 0.00899. The molecule has 0 saturated heterocycles. The van der Waals surface area contributed by atoms with Crippen LogP contribution in [-0.2, 0) is 0 Å². The van der Waals surface area contributed by atoms with Crippen LogP contribution in [0.3, 0.4) is 0 Å². The van der Waals surface area contributed by atoms with Gasteiger partial charge in [0.2, 0.25) is 0 Å². The summed E-state index contributed by atoms with van der Waals surface area (Å²) in [6, 6.07) is 4.47. The van der Waals surface area contributed by atoms with E-state index in [0.717, 1.165) is 31.6 Å². The van der Waals surface area contributed by atoms with E-state index in [1.165, 1.54) is 18.2 Å². The Morgan fingerprint density at radius 1 is 1.25 bits per heavy atom. The van der Waals surface area contributed by atoms with Gasteiger partial charge in [0.15, 0.2) is 0 Å². The number of nitrogens with one attached hydrogen (secondary N) is 1. The predicted molar refractivity (Wildman–Crippen MR) is 77.3 cm³/mol.